The van der Waals surface area contributed by atoms with Crippen LogP contribution in [0.25, 0.3) is 55.0 Å². The van der Waals surface area contributed by atoms with Crippen molar-refractivity contribution in [2.45, 2.75) is 40.4 Å². The van der Waals surface area contributed by atoms with Gasteiger partial charge in [0.25, 0.3) is 0 Å². The Labute approximate surface area is 443 Å². The van der Waals surface area contributed by atoms with Crippen molar-refractivity contribution >= 4 is 127 Å². The molecule has 1 unspecified atom stereocenters. The Kier molecular flexibility index (Phi) is 13.9. The molecule has 0 fully saturated rings. The summed E-state index contributed by atoms with van der Waals surface area (Å²) in [5.74, 6) is -4.09. The van der Waals surface area contributed by atoms with E-state index in [0.29, 0.717) is 59.4 Å². The monoisotopic (exact) mass is 1040 g/mol. The fourth-order valence-electron chi connectivity index (χ4n) is 9.08. The van der Waals surface area contributed by atoms with Crippen molar-refractivity contribution in [3.8, 4) is 11.4 Å². The van der Waals surface area contributed by atoms with Gasteiger partial charge < -0.3 is 23.6 Å². The Morgan fingerprint density at radius 2 is 0.776 bits per heavy atom. The molecule has 2 radical (unpaired) electrons. The molecule has 14 nitrogen and oxygen atoms in total. The average molecular weight is 1040 g/mol. The lowest BCUT2D eigenvalue weighted by atomic mass is 9.75. The molecule has 0 aliphatic rings. The summed E-state index contributed by atoms with van der Waals surface area (Å²) in [7, 11) is 6.96. The van der Waals surface area contributed by atoms with E-state index in [9.17, 15) is 28.8 Å². The van der Waals surface area contributed by atoms with Crippen LogP contribution in [0, 0.1) is 0 Å². The molecule has 6 aromatic carbocycles. The minimum absolute atomic E-state index is 0.0281. The molecular weight excluding hydrogens is 998 g/mol. The van der Waals surface area contributed by atoms with Crippen LogP contribution in [-0.4, -0.2) is 69.4 Å². The van der Waals surface area contributed by atoms with Crippen molar-refractivity contribution in [1.29, 1.82) is 0 Å². The number of ketones is 3. The molecule has 0 aliphatic heterocycles. The number of aromatic nitrogens is 2. The number of Topliss-reactive ketones (excluding diaryl/α,β-unsaturated/α-hetero) is 1. The van der Waals surface area contributed by atoms with Gasteiger partial charge in [0, 0.05) is 81.8 Å². The predicted molar refractivity (Wildman–Crippen MR) is 297 cm³/mol. The van der Waals surface area contributed by atoms with Crippen molar-refractivity contribution in [3.63, 3.8) is 0 Å². The Morgan fingerprint density at radius 3 is 1.16 bits per heavy atom. The molecule has 17 heteroatoms. The van der Waals surface area contributed by atoms with Gasteiger partial charge in [-0.3, -0.25) is 14.4 Å². The minimum Gasteiger partial charge on any atom is -0.318 e. The third kappa shape index (κ3) is 9.84. The van der Waals surface area contributed by atoms with E-state index >= 15 is 0 Å². The van der Waals surface area contributed by atoms with Crippen molar-refractivity contribution in [3.05, 3.63) is 199 Å². The highest BCUT2D eigenvalue weighted by Crippen LogP contribution is 2.38. The lowest BCUT2D eigenvalue weighted by Crippen LogP contribution is -2.21. The van der Waals surface area contributed by atoms with Crippen molar-refractivity contribution in [2.75, 3.05) is 0 Å². The van der Waals surface area contributed by atoms with E-state index in [1.807, 2.05) is 123 Å². The van der Waals surface area contributed by atoms with Crippen molar-refractivity contribution < 1.29 is 43.3 Å². The summed E-state index contributed by atoms with van der Waals surface area (Å²) < 4.78 is 4.05. The lowest BCUT2D eigenvalue weighted by Gasteiger charge is -2.15. The predicted octanol–water partition coefficient (Wildman–Crippen LogP) is 12.1. The van der Waals surface area contributed by atoms with Gasteiger partial charge in [0.1, 0.15) is 0 Å². The third-order valence-electron chi connectivity index (χ3n) is 12.7. The number of thiophene rings is 2. The summed E-state index contributed by atoms with van der Waals surface area (Å²) in [6.45, 7) is 7.21. The van der Waals surface area contributed by atoms with Crippen LogP contribution in [0.1, 0.15) is 92.1 Å². The number of carbonyl (C=O) groups is 6. The number of carbonyl (C=O) groups excluding carboxylic acids is 6. The molecule has 1 atom stereocenters. The Hall–Kier alpha value is -9.19. The SMILES string of the molecule is [B]C(C(=O)c1ccc2c(c1)c1cc(C(=O)c3cccs3)ccc1n2-c1ccc(C(C)=NOC(C)=O)cc1)C(=NOC(C)=O)c1ccc2c(c1)c1cc(C(=O)c3cccs3)ccc1n2-c1ccc(C(C)=NOC(C)=O)cc1. The van der Waals surface area contributed by atoms with Crippen LogP contribution in [0.5, 0.6) is 0 Å². The molecule has 0 saturated heterocycles. The van der Waals surface area contributed by atoms with E-state index in [2.05, 4.69) is 15.5 Å². The third-order valence-corrected chi connectivity index (χ3v) is 14.4. The summed E-state index contributed by atoms with van der Waals surface area (Å²) >= 11 is 2.69. The molecule has 0 bridgehead atoms. The van der Waals surface area contributed by atoms with Gasteiger partial charge in [-0.05, 0) is 139 Å². The normalized spacial score (nSPS) is 12.6. The fraction of sp³-hybridized carbons (Fsp3) is 0.102. The maximum absolute atomic E-state index is 14.9. The van der Waals surface area contributed by atoms with E-state index in [1.165, 1.54) is 43.4 Å². The number of hydrogen-bond donors (Lipinski definition) is 0. The maximum Gasteiger partial charge on any atom is 0.331 e. The number of hydrogen-bond acceptors (Lipinski definition) is 14. The first-order valence-electron chi connectivity index (χ1n) is 23.7. The minimum atomic E-state index is -1.46. The van der Waals surface area contributed by atoms with Crippen LogP contribution in [0.15, 0.2) is 172 Å². The van der Waals surface area contributed by atoms with Crippen molar-refractivity contribution in [1.82, 2.24) is 9.13 Å². The van der Waals surface area contributed by atoms with Gasteiger partial charge in [0.05, 0.1) is 56.8 Å². The number of oxime groups is 3. The van der Waals surface area contributed by atoms with Gasteiger partial charge in [-0.1, -0.05) is 57.9 Å². The maximum atomic E-state index is 14.9. The number of rotatable bonds is 15. The molecule has 76 heavy (non-hydrogen) atoms. The first kappa shape index (κ1) is 50.4. The van der Waals surface area contributed by atoms with Crippen LogP contribution in [0.2, 0.25) is 5.82 Å². The summed E-state index contributed by atoms with van der Waals surface area (Å²) in [5.41, 5.74) is 8.49. The highest BCUT2D eigenvalue weighted by atomic mass is 32.1. The standard InChI is InChI=1S/C59H42BN5O9S2/c1-32(61-72-34(3)66)37-10-18-43(19-11-37)64-49-22-14-39(28-45(49)46-29-40(15-23-50(46)64)57(69)53-8-6-26-75-53)56(63-74-36(5)68)55(60)59(71)42-17-25-52-48(31-42)47-30-41(58(70)54-9-7-27-76-54)16-24-51(47)65(52)44-20-12-38(13-21-44)33(2)62-73-35(4)67/h6-31,55H,1-5H3. The van der Waals surface area contributed by atoms with Crippen LogP contribution < -0.4 is 0 Å². The highest BCUT2D eigenvalue weighted by Gasteiger charge is 2.27. The highest BCUT2D eigenvalue weighted by molar-refractivity contribution is 7.12. The topological polar surface area (TPSA) is 177 Å². The molecule has 4 heterocycles. The quantitative estimate of drug-likeness (QED) is 0.0318. The molecule has 0 aliphatic carbocycles. The second kappa shape index (κ2) is 21.0. The number of fused-ring (bicyclic) bond motifs is 6. The second-order valence-corrected chi connectivity index (χ2v) is 19.6. The zero-order chi connectivity index (χ0) is 53.4. The Balaban J connectivity index is 1.08. The van der Waals surface area contributed by atoms with Gasteiger partial charge >= 0.3 is 17.9 Å². The van der Waals surface area contributed by atoms with Crippen LogP contribution >= 0.6 is 22.7 Å². The van der Waals surface area contributed by atoms with Gasteiger partial charge in [0.2, 0.25) is 11.6 Å². The lowest BCUT2D eigenvalue weighted by molar-refractivity contribution is -0.141. The van der Waals surface area contributed by atoms with Crippen molar-refractivity contribution in [2.24, 2.45) is 15.5 Å². The Morgan fingerprint density at radius 1 is 0.434 bits per heavy atom. The van der Waals surface area contributed by atoms with Crippen LogP contribution in [0.3, 0.4) is 0 Å². The van der Waals surface area contributed by atoms with E-state index in [0.717, 1.165) is 44.6 Å². The smallest absolute Gasteiger partial charge is 0.318 e. The zero-order valence-electron chi connectivity index (χ0n) is 41.4. The summed E-state index contributed by atoms with van der Waals surface area (Å²) in [6.07, 6.45) is 0. The summed E-state index contributed by atoms with van der Waals surface area (Å²) in [5, 5.41) is 18.5. The molecule has 10 rings (SSSR count). The van der Waals surface area contributed by atoms with Gasteiger partial charge in [-0.2, -0.15) is 0 Å². The Bertz CT molecular complexity index is 4100. The molecular formula is C59H42BN5O9S2. The first-order chi connectivity index (χ1) is 36.6. The molecule has 10 aromatic rings. The first-order valence-corrected chi connectivity index (χ1v) is 25.5. The number of nitrogens with zero attached hydrogens (tertiary/aromatic N) is 5. The van der Waals surface area contributed by atoms with E-state index in [-0.39, 0.29) is 22.8 Å². The molecule has 0 amide bonds. The second-order valence-electron chi connectivity index (χ2n) is 17.7. The molecule has 372 valence electrons. The summed E-state index contributed by atoms with van der Waals surface area (Å²) in [6, 6.07) is 43.8. The fourth-order valence-corrected chi connectivity index (χ4v) is 10.5. The van der Waals surface area contributed by atoms with Crippen LogP contribution in [-0.2, 0) is 28.9 Å². The molecule has 0 spiro atoms. The average Bonchev–Trinajstić information content (AvgIpc) is 4.30. The summed E-state index contributed by atoms with van der Waals surface area (Å²) in [4.78, 5) is 93.8. The molecule has 4 aromatic heterocycles. The van der Waals surface area contributed by atoms with E-state index in [4.69, 9.17) is 22.4 Å². The molecule has 0 N–H and O–H groups in total. The zero-order valence-corrected chi connectivity index (χ0v) is 43.0. The van der Waals surface area contributed by atoms with Crippen LogP contribution in [0.4, 0.5) is 0 Å². The largest absolute Gasteiger partial charge is 0.331 e. The van der Waals surface area contributed by atoms with E-state index in [1.54, 1.807) is 56.3 Å². The van der Waals surface area contributed by atoms with E-state index < -0.39 is 29.5 Å². The van der Waals surface area contributed by atoms with Gasteiger partial charge in [-0.25, -0.2) is 14.4 Å². The number of benzene rings is 6. The van der Waals surface area contributed by atoms with Gasteiger partial charge in [-0.15, -0.1) is 22.7 Å². The molecule has 0 saturated carbocycles. The van der Waals surface area contributed by atoms with Gasteiger partial charge in [0.15, 0.2) is 5.78 Å².